The minimum absolute atomic E-state index is 0.538. The van der Waals surface area contributed by atoms with Crippen LogP contribution in [0, 0.1) is 0 Å². The molecule has 0 bridgehead atoms. The van der Waals surface area contributed by atoms with Crippen LogP contribution in [0.15, 0.2) is 16.6 Å². The number of hydrogen-bond donors (Lipinski definition) is 1. The Kier molecular flexibility index (Phi) is 3.77. The highest BCUT2D eigenvalue weighted by atomic mass is 79.9. The van der Waals surface area contributed by atoms with Gasteiger partial charge < -0.3 is 14.6 Å². The molecule has 0 unspecified atom stereocenters. The molecule has 0 fully saturated rings. The molecule has 0 radical (unpaired) electrons. The number of aliphatic hydroxyl groups is 1. The first kappa shape index (κ1) is 11.3. The quantitative estimate of drug-likeness (QED) is 0.908. The molecule has 0 saturated carbocycles. The van der Waals surface area contributed by atoms with Crippen LogP contribution in [-0.4, -0.2) is 19.3 Å². The van der Waals surface area contributed by atoms with E-state index >= 15 is 0 Å². The average Bonchev–Trinajstić information content (AvgIpc) is 2.16. The third-order valence-corrected chi connectivity index (χ3v) is 2.64. The molecule has 0 spiro atoms. The SMILES string of the molecule is COc1cc(Br)c([C@@H](C)O)cc1OC. The van der Waals surface area contributed by atoms with Gasteiger partial charge in [-0.15, -0.1) is 0 Å². The van der Waals surface area contributed by atoms with Crippen LogP contribution in [0.3, 0.4) is 0 Å². The van der Waals surface area contributed by atoms with Gasteiger partial charge in [0, 0.05) is 4.47 Å². The first-order valence-electron chi connectivity index (χ1n) is 4.19. The molecule has 1 rings (SSSR count). The predicted octanol–water partition coefficient (Wildman–Crippen LogP) is 2.52. The molecule has 14 heavy (non-hydrogen) atoms. The summed E-state index contributed by atoms with van der Waals surface area (Å²) >= 11 is 3.36. The van der Waals surface area contributed by atoms with E-state index in [-0.39, 0.29) is 0 Å². The fraction of sp³-hybridized carbons (Fsp3) is 0.400. The number of ether oxygens (including phenoxy) is 2. The highest BCUT2D eigenvalue weighted by Crippen LogP contribution is 2.35. The highest BCUT2D eigenvalue weighted by molar-refractivity contribution is 9.10. The molecule has 4 heteroatoms. The van der Waals surface area contributed by atoms with Crippen LogP contribution in [0.4, 0.5) is 0 Å². The second kappa shape index (κ2) is 4.66. The fourth-order valence-electron chi connectivity index (χ4n) is 1.19. The summed E-state index contributed by atoms with van der Waals surface area (Å²) in [6.07, 6.45) is -0.538. The average molecular weight is 261 g/mol. The Bertz CT molecular complexity index is 323. The maximum atomic E-state index is 9.46. The van der Waals surface area contributed by atoms with E-state index in [1.165, 1.54) is 0 Å². The summed E-state index contributed by atoms with van der Waals surface area (Å²) in [5.74, 6) is 1.26. The molecule has 0 aromatic heterocycles. The van der Waals surface area contributed by atoms with Crippen molar-refractivity contribution < 1.29 is 14.6 Å². The van der Waals surface area contributed by atoms with Crippen molar-refractivity contribution >= 4 is 15.9 Å². The zero-order chi connectivity index (χ0) is 10.7. The lowest BCUT2D eigenvalue weighted by atomic mass is 10.1. The number of benzene rings is 1. The lowest BCUT2D eigenvalue weighted by Crippen LogP contribution is -1.97. The van der Waals surface area contributed by atoms with Gasteiger partial charge in [0.2, 0.25) is 0 Å². The zero-order valence-electron chi connectivity index (χ0n) is 8.37. The van der Waals surface area contributed by atoms with E-state index in [1.54, 1.807) is 33.3 Å². The van der Waals surface area contributed by atoms with Gasteiger partial charge in [0.25, 0.3) is 0 Å². The molecule has 78 valence electrons. The van der Waals surface area contributed by atoms with Gasteiger partial charge in [-0.2, -0.15) is 0 Å². The second-order valence-electron chi connectivity index (χ2n) is 2.90. The summed E-state index contributed by atoms with van der Waals surface area (Å²) in [6, 6.07) is 3.54. The van der Waals surface area contributed by atoms with Gasteiger partial charge in [-0.05, 0) is 24.6 Å². The Balaban J connectivity index is 3.23. The van der Waals surface area contributed by atoms with Crippen LogP contribution in [0.5, 0.6) is 11.5 Å². The lowest BCUT2D eigenvalue weighted by molar-refractivity contribution is 0.198. The number of hydrogen-bond acceptors (Lipinski definition) is 3. The smallest absolute Gasteiger partial charge is 0.161 e. The van der Waals surface area contributed by atoms with Crippen molar-refractivity contribution in [2.75, 3.05) is 14.2 Å². The van der Waals surface area contributed by atoms with Crippen LogP contribution >= 0.6 is 15.9 Å². The van der Waals surface area contributed by atoms with Crippen LogP contribution in [-0.2, 0) is 0 Å². The first-order chi connectivity index (χ1) is 6.60. The van der Waals surface area contributed by atoms with Gasteiger partial charge in [0.05, 0.1) is 20.3 Å². The Hall–Kier alpha value is -0.740. The van der Waals surface area contributed by atoms with Gasteiger partial charge in [-0.3, -0.25) is 0 Å². The molecular formula is C10H13BrO3. The number of halogens is 1. The van der Waals surface area contributed by atoms with Gasteiger partial charge in [-0.25, -0.2) is 0 Å². The summed E-state index contributed by atoms with van der Waals surface area (Å²) in [6.45, 7) is 1.70. The summed E-state index contributed by atoms with van der Waals surface area (Å²) in [4.78, 5) is 0. The van der Waals surface area contributed by atoms with Crippen molar-refractivity contribution in [3.63, 3.8) is 0 Å². The predicted molar refractivity (Wildman–Crippen MR) is 57.9 cm³/mol. The van der Waals surface area contributed by atoms with Crippen LogP contribution in [0.1, 0.15) is 18.6 Å². The third kappa shape index (κ3) is 2.19. The summed E-state index contributed by atoms with van der Waals surface area (Å²) in [5, 5.41) is 9.46. The molecule has 1 aromatic carbocycles. The van der Waals surface area contributed by atoms with Crippen molar-refractivity contribution in [2.45, 2.75) is 13.0 Å². The van der Waals surface area contributed by atoms with E-state index in [4.69, 9.17) is 9.47 Å². The standard InChI is InChI=1S/C10H13BrO3/c1-6(12)7-4-9(13-2)10(14-3)5-8(7)11/h4-6,12H,1-3H3/t6-/m1/s1. The van der Waals surface area contributed by atoms with Crippen molar-refractivity contribution in [2.24, 2.45) is 0 Å². The maximum Gasteiger partial charge on any atom is 0.161 e. The molecule has 0 heterocycles. The number of aliphatic hydroxyl groups excluding tert-OH is 1. The third-order valence-electron chi connectivity index (χ3n) is 1.95. The van der Waals surface area contributed by atoms with Crippen LogP contribution < -0.4 is 9.47 Å². The largest absolute Gasteiger partial charge is 0.493 e. The van der Waals surface area contributed by atoms with Gasteiger partial charge in [0.1, 0.15) is 0 Å². The van der Waals surface area contributed by atoms with E-state index in [1.807, 2.05) is 0 Å². The Morgan fingerprint density at radius 3 is 2.14 bits per heavy atom. The van der Waals surface area contributed by atoms with E-state index in [0.717, 1.165) is 10.0 Å². The molecule has 0 aliphatic rings. The van der Waals surface area contributed by atoms with E-state index in [0.29, 0.717) is 11.5 Å². The normalized spacial score (nSPS) is 12.4. The van der Waals surface area contributed by atoms with Crippen molar-refractivity contribution in [3.8, 4) is 11.5 Å². The molecule has 1 N–H and O–H groups in total. The molecule has 1 aromatic rings. The molecule has 0 aliphatic heterocycles. The van der Waals surface area contributed by atoms with E-state index in [9.17, 15) is 5.11 Å². The van der Waals surface area contributed by atoms with Crippen molar-refractivity contribution in [3.05, 3.63) is 22.2 Å². The minimum Gasteiger partial charge on any atom is -0.493 e. The first-order valence-corrected chi connectivity index (χ1v) is 4.99. The Morgan fingerprint density at radius 1 is 1.21 bits per heavy atom. The maximum absolute atomic E-state index is 9.46. The lowest BCUT2D eigenvalue weighted by Gasteiger charge is -2.13. The van der Waals surface area contributed by atoms with E-state index in [2.05, 4.69) is 15.9 Å². The summed E-state index contributed by atoms with van der Waals surface area (Å²) < 4.78 is 11.1. The zero-order valence-corrected chi connectivity index (χ0v) is 9.96. The van der Waals surface area contributed by atoms with Crippen LogP contribution in [0.25, 0.3) is 0 Å². The highest BCUT2D eigenvalue weighted by Gasteiger charge is 2.12. The van der Waals surface area contributed by atoms with Gasteiger partial charge >= 0.3 is 0 Å². The Morgan fingerprint density at radius 2 is 1.71 bits per heavy atom. The molecule has 0 aliphatic carbocycles. The minimum atomic E-state index is -0.538. The van der Waals surface area contributed by atoms with Crippen molar-refractivity contribution in [1.82, 2.24) is 0 Å². The van der Waals surface area contributed by atoms with Crippen LogP contribution in [0.2, 0.25) is 0 Å². The number of rotatable bonds is 3. The topological polar surface area (TPSA) is 38.7 Å². The molecule has 0 saturated heterocycles. The second-order valence-corrected chi connectivity index (χ2v) is 3.76. The number of methoxy groups -OCH3 is 2. The molecular weight excluding hydrogens is 248 g/mol. The van der Waals surface area contributed by atoms with Gasteiger partial charge in [-0.1, -0.05) is 15.9 Å². The molecule has 1 atom stereocenters. The fourth-order valence-corrected chi connectivity index (χ4v) is 1.84. The molecule has 0 amide bonds. The van der Waals surface area contributed by atoms with Gasteiger partial charge in [0.15, 0.2) is 11.5 Å². The summed E-state index contributed by atoms with van der Waals surface area (Å²) in [5.41, 5.74) is 0.780. The monoisotopic (exact) mass is 260 g/mol. The van der Waals surface area contributed by atoms with E-state index < -0.39 is 6.10 Å². The summed E-state index contributed by atoms with van der Waals surface area (Å²) in [7, 11) is 3.14. The molecule has 3 nitrogen and oxygen atoms in total. The van der Waals surface area contributed by atoms with Crippen molar-refractivity contribution in [1.29, 1.82) is 0 Å². The Labute approximate surface area is 91.8 Å².